The van der Waals surface area contributed by atoms with Gasteiger partial charge in [-0.15, -0.1) is 0 Å². The summed E-state index contributed by atoms with van der Waals surface area (Å²) in [6, 6.07) is 2.69. The monoisotopic (exact) mass is 270 g/mol. The second kappa shape index (κ2) is 6.23. The molecule has 84 valence electrons. The number of hydrogen-bond donors (Lipinski definition) is 1. The SMILES string of the molecule is CCC(NCc1cncc(Br)c1)C(C)C. The van der Waals surface area contributed by atoms with Crippen LogP contribution in [0.25, 0.3) is 0 Å². The zero-order valence-corrected chi connectivity index (χ0v) is 11.2. The van der Waals surface area contributed by atoms with Gasteiger partial charge in [-0.05, 0) is 39.9 Å². The van der Waals surface area contributed by atoms with Crippen LogP contribution < -0.4 is 5.32 Å². The standard InChI is InChI=1S/C12H19BrN2/c1-4-12(9(2)3)15-7-10-5-11(13)8-14-6-10/h5-6,8-9,12,15H,4,7H2,1-3H3. The molecular weight excluding hydrogens is 252 g/mol. The molecule has 0 aromatic carbocycles. The first kappa shape index (κ1) is 12.7. The first-order valence-corrected chi connectivity index (χ1v) is 6.25. The Labute approximate surface area is 101 Å². The average molecular weight is 271 g/mol. The summed E-state index contributed by atoms with van der Waals surface area (Å²) in [6.07, 6.45) is 4.88. The van der Waals surface area contributed by atoms with Gasteiger partial charge in [0.2, 0.25) is 0 Å². The third-order valence-electron chi connectivity index (χ3n) is 2.57. The van der Waals surface area contributed by atoms with E-state index in [0.717, 1.165) is 11.0 Å². The predicted molar refractivity (Wildman–Crippen MR) is 67.7 cm³/mol. The summed E-state index contributed by atoms with van der Waals surface area (Å²) in [5.74, 6) is 0.676. The molecule has 1 rings (SSSR count). The number of hydrogen-bond acceptors (Lipinski definition) is 2. The van der Waals surface area contributed by atoms with Crippen molar-refractivity contribution in [3.63, 3.8) is 0 Å². The molecule has 1 atom stereocenters. The summed E-state index contributed by atoms with van der Waals surface area (Å²) in [5, 5.41) is 3.55. The van der Waals surface area contributed by atoms with E-state index in [4.69, 9.17) is 0 Å². The lowest BCUT2D eigenvalue weighted by Gasteiger charge is -2.20. The topological polar surface area (TPSA) is 24.9 Å². The summed E-state index contributed by atoms with van der Waals surface area (Å²) in [6.45, 7) is 7.61. The van der Waals surface area contributed by atoms with E-state index in [1.165, 1.54) is 12.0 Å². The lowest BCUT2D eigenvalue weighted by molar-refractivity contribution is 0.387. The van der Waals surface area contributed by atoms with Gasteiger partial charge in [-0.2, -0.15) is 0 Å². The quantitative estimate of drug-likeness (QED) is 0.888. The number of aromatic nitrogens is 1. The molecule has 0 aliphatic carbocycles. The molecule has 1 aromatic rings. The Morgan fingerprint density at radius 1 is 1.40 bits per heavy atom. The maximum atomic E-state index is 4.15. The molecule has 0 fully saturated rings. The molecule has 15 heavy (non-hydrogen) atoms. The van der Waals surface area contributed by atoms with Crippen molar-refractivity contribution < 1.29 is 0 Å². The van der Waals surface area contributed by atoms with Gasteiger partial charge in [0.25, 0.3) is 0 Å². The van der Waals surface area contributed by atoms with Crippen LogP contribution in [0, 0.1) is 5.92 Å². The van der Waals surface area contributed by atoms with E-state index in [0.29, 0.717) is 12.0 Å². The van der Waals surface area contributed by atoms with E-state index in [2.05, 4.69) is 53.1 Å². The van der Waals surface area contributed by atoms with Gasteiger partial charge in [-0.3, -0.25) is 4.98 Å². The zero-order valence-electron chi connectivity index (χ0n) is 9.63. The Morgan fingerprint density at radius 2 is 2.13 bits per heavy atom. The Morgan fingerprint density at radius 3 is 2.67 bits per heavy atom. The maximum Gasteiger partial charge on any atom is 0.0410 e. The molecular formula is C12H19BrN2. The van der Waals surface area contributed by atoms with Gasteiger partial charge in [0, 0.05) is 29.5 Å². The number of pyridine rings is 1. The van der Waals surface area contributed by atoms with Crippen molar-refractivity contribution in [3.8, 4) is 0 Å². The summed E-state index contributed by atoms with van der Waals surface area (Å²) < 4.78 is 1.04. The highest BCUT2D eigenvalue weighted by atomic mass is 79.9. The highest BCUT2D eigenvalue weighted by Crippen LogP contribution is 2.11. The fraction of sp³-hybridized carbons (Fsp3) is 0.583. The molecule has 0 spiro atoms. The number of nitrogens with zero attached hydrogens (tertiary/aromatic N) is 1. The normalized spacial score (nSPS) is 13.1. The maximum absolute atomic E-state index is 4.15. The van der Waals surface area contributed by atoms with Crippen LogP contribution in [0.4, 0.5) is 0 Å². The Balaban J connectivity index is 2.49. The molecule has 0 amide bonds. The number of nitrogens with one attached hydrogen (secondary N) is 1. The van der Waals surface area contributed by atoms with Gasteiger partial charge in [0.1, 0.15) is 0 Å². The highest BCUT2D eigenvalue weighted by Gasteiger charge is 2.09. The molecule has 0 aliphatic rings. The highest BCUT2D eigenvalue weighted by molar-refractivity contribution is 9.10. The minimum Gasteiger partial charge on any atom is -0.310 e. The van der Waals surface area contributed by atoms with Crippen molar-refractivity contribution in [1.82, 2.24) is 10.3 Å². The van der Waals surface area contributed by atoms with Crippen molar-refractivity contribution in [2.75, 3.05) is 0 Å². The van der Waals surface area contributed by atoms with E-state index in [9.17, 15) is 0 Å². The zero-order chi connectivity index (χ0) is 11.3. The fourth-order valence-electron chi connectivity index (χ4n) is 1.65. The summed E-state index contributed by atoms with van der Waals surface area (Å²) in [7, 11) is 0. The van der Waals surface area contributed by atoms with Gasteiger partial charge in [0.05, 0.1) is 0 Å². The van der Waals surface area contributed by atoms with Crippen LogP contribution in [0.15, 0.2) is 22.9 Å². The van der Waals surface area contributed by atoms with Crippen molar-refractivity contribution in [2.24, 2.45) is 5.92 Å². The van der Waals surface area contributed by atoms with Crippen LogP contribution in [0.5, 0.6) is 0 Å². The van der Waals surface area contributed by atoms with E-state index >= 15 is 0 Å². The first-order valence-electron chi connectivity index (χ1n) is 5.46. The second-order valence-corrected chi connectivity index (χ2v) is 5.07. The number of halogens is 1. The molecule has 1 heterocycles. The summed E-state index contributed by atoms with van der Waals surface area (Å²) in [5.41, 5.74) is 1.23. The van der Waals surface area contributed by atoms with E-state index < -0.39 is 0 Å². The van der Waals surface area contributed by atoms with Crippen molar-refractivity contribution >= 4 is 15.9 Å². The lowest BCUT2D eigenvalue weighted by Crippen LogP contribution is -2.32. The molecule has 0 aliphatic heterocycles. The molecule has 0 saturated carbocycles. The third kappa shape index (κ3) is 4.31. The largest absolute Gasteiger partial charge is 0.310 e. The van der Waals surface area contributed by atoms with Crippen LogP contribution in [-0.2, 0) is 6.54 Å². The van der Waals surface area contributed by atoms with Crippen molar-refractivity contribution in [3.05, 3.63) is 28.5 Å². The molecule has 0 saturated heterocycles. The van der Waals surface area contributed by atoms with Gasteiger partial charge < -0.3 is 5.32 Å². The Kier molecular flexibility index (Phi) is 5.26. The van der Waals surface area contributed by atoms with Gasteiger partial charge >= 0.3 is 0 Å². The van der Waals surface area contributed by atoms with E-state index in [1.807, 2.05) is 12.4 Å². The van der Waals surface area contributed by atoms with Crippen LogP contribution in [0.3, 0.4) is 0 Å². The van der Waals surface area contributed by atoms with E-state index in [1.54, 1.807) is 0 Å². The second-order valence-electron chi connectivity index (χ2n) is 4.15. The molecule has 2 nitrogen and oxygen atoms in total. The summed E-state index contributed by atoms with van der Waals surface area (Å²) >= 11 is 3.42. The first-order chi connectivity index (χ1) is 7.13. The predicted octanol–water partition coefficient (Wildman–Crippen LogP) is 3.37. The smallest absolute Gasteiger partial charge is 0.0410 e. The van der Waals surface area contributed by atoms with Crippen LogP contribution in [0.1, 0.15) is 32.8 Å². The average Bonchev–Trinajstić information content (AvgIpc) is 2.18. The third-order valence-corrected chi connectivity index (χ3v) is 3.01. The molecule has 0 radical (unpaired) electrons. The van der Waals surface area contributed by atoms with Crippen LogP contribution in [0.2, 0.25) is 0 Å². The lowest BCUT2D eigenvalue weighted by atomic mass is 10.0. The van der Waals surface area contributed by atoms with Crippen molar-refractivity contribution in [2.45, 2.75) is 39.8 Å². The van der Waals surface area contributed by atoms with Crippen LogP contribution in [-0.4, -0.2) is 11.0 Å². The van der Waals surface area contributed by atoms with Gasteiger partial charge in [-0.1, -0.05) is 20.8 Å². The fourth-order valence-corrected chi connectivity index (χ4v) is 2.07. The van der Waals surface area contributed by atoms with E-state index in [-0.39, 0.29) is 0 Å². The Bertz CT molecular complexity index is 299. The van der Waals surface area contributed by atoms with Gasteiger partial charge in [0.15, 0.2) is 0 Å². The molecule has 1 unspecified atom stereocenters. The van der Waals surface area contributed by atoms with Crippen molar-refractivity contribution in [1.29, 1.82) is 0 Å². The Hall–Kier alpha value is -0.410. The number of rotatable bonds is 5. The molecule has 0 bridgehead atoms. The minimum atomic E-state index is 0.587. The van der Waals surface area contributed by atoms with Gasteiger partial charge in [-0.25, -0.2) is 0 Å². The minimum absolute atomic E-state index is 0.587. The van der Waals surface area contributed by atoms with Crippen LogP contribution >= 0.6 is 15.9 Å². The molecule has 3 heteroatoms. The molecule has 1 N–H and O–H groups in total. The summed E-state index contributed by atoms with van der Waals surface area (Å²) in [4.78, 5) is 4.15. The molecule has 1 aromatic heterocycles.